The van der Waals surface area contributed by atoms with Crippen LogP contribution in [0.15, 0.2) is 42.5 Å². The quantitative estimate of drug-likeness (QED) is 0.307. The van der Waals surface area contributed by atoms with Gasteiger partial charge in [0.15, 0.2) is 0 Å². The van der Waals surface area contributed by atoms with E-state index in [2.05, 4.69) is 9.80 Å². The van der Waals surface area contributed by atoms with Crippen LogP contribution in [0.4, 0.5) is 13.2 Å². The molecule has 0 aromatic heterocycles. The van der Waals surface area contributed by atoms with E-state index in [1.807, 2.05) is 26.2 Å². The van der Waals surface area contributed by atoms with Crippen molar-refractivity contribution in [3.63, 3.8) is 0 Å². The molecule has 2 aliphatic heterocycles. The maximum absolute atomic E-state index is 13.5. The lowest BCUT2D eigenvalue weighted by Gasteiger charge is -2.50. The van der Waals surface area contributed by atoms with Gasteiger partial charge in [-0.1, -0.05) is 35.7 Å². The molecule has 2 fully saturated rings. The molecule has 1 unspecified atom stereocenters. The Morgan fingerprint density at radius 1 is 0.907 bits per heavy atom. The molecule has 4 rings (SSSR count). The molecule has 2 aliphatic rings. The zero-order chi connectivity index (χ0) is 31.4. The van der Waals surface area contributed by atoms with Crippen LogP contribution in [-0.2, 0) is 11.0 Å². The van der Waals surface area contributed by atoms with E-state index in [0.717, 1.165) is 82.5 Å². The van der Waals surface area contributed by atoms with Crippen LogP contribution in [0.1, 0.15) is 65.9 Å². The molecular formula is C32H41Cl2F3N4O2. The van der Waals surface area contributed by atoms with Crippen molar-refractivity contribution < 1.29 is 22.8 Å². The van der Waals surface area contributed by atoms with Gasteiger partial charge in [-0.15, -0.1) is 0 Å². The Balaban J connectivity index is 1.45. The smallest absolute Gasteiger partial charge is 0.347 e. The minimum absolute atomic E-state index is 0.0876. The molecule has 43 heavy (non-hydrogen) atoms. The highest BCUT2D eigenvalue weighted by Gasteiger charge is 2.47. The van der Waals surface area contributed by atoms with E-state index >= 15 is 0 Å². The summed E-state index contributed by atoms with van der Waals surface area (Å²) in [6, 6.07) is 9.75. The normalized spacial score (nSPS) is 18.7. The molecule has 2 heterocycles. The predicted molar refractivity (Wildman–Crippen MR) is 165 cm³/mol. The topological polar surface area (TPSA) is 47.1 Å². The van der Waals surface area contributed by atoms with E-state index in [1.165, 1.54) is 18.6 Å². The van der Waals surface area contributed by atoms with Crippen molar-refractivity contribution >= 4 is 35.0 Å². The van der Waals surface area contributed by atoms with Gasteiger partial charge < -0.3 is 14.7 Å². The zero-order valence-corrected chi connectivity index (χ0v) is 26.6. The number of nitrogens with zero attached hydrogens (tertiary/aromatic N) is 4. The molecule has 0 saturated carbocycles. The second-order valence-corrected chi connectivity index (χ2v) is 12.9. The third-order valence-corrected chi connectivity index (χ3v) is 9.70. The maximum Gasteiger partial charge on any atom is 0.416 e. The summed E-state index contributed by atoms with van der Waals surface area (Å²) in [5.41, 5.74) is -0.126. The summed E-state index contributed by atoms with van der Waals surface area (Å²) in [5, 5.41) is 0.862. The van der Waals surface area contributed by atoms with Crippen molar-refractivity contribution in [1.29, 1.82) is 0 Å². The van der Waals surface area contributed by atoms with Crippen molar-refractivity contribution in [2.45, 2.75) is 56.2 Å². The fraction of sp³-hybridized carbons (Fsp3) is 0.562. The number of benzene rings is 2. The van der Waals surface area contributed by atoms with Gasteiger partial charge in [0.25, 0.3) is 5.91 Å². The number of hydrogen-bond donors (Lipinski definition) is 0. The number of halogens is 5. The molecule has 0 N–H and O–H groups in total. The van der Waals surface area contributed by atoms with Crippen LogP contribution in [0.5, 0.6) is 0 Å². The molecule has 0 spiro atoms. The van der Waals surface area contributed by atoms with Crippen LogP contribution in [0.2, 0.25) is 10.0 Å². The first-order valence-corrected chi connectivity index (χ1v) is 15.6. The summed E-state index contributed by atoms with van der Waals surface area (Å²) in [4.78, 5) is 34.7. The second kappa shape index (κ2) is 14.2. The molecule has 1 atom stereocenters. The Hall–Kier alpha value is -2.33. The monoisotopic (exact) mass is 640 g/mol. The van der Waals surface area contributed by atoms with Crippen LogP contribution in [-0.4, -0.2) is 97.4 Å². The summed E-state index contributed by atoms with van der Waals surface area (Å²) < 4.78 is 39.0. The molecular weight excluding hydrogens is 600 g/mol. The molecule has 2 saturated heterocycles. The highest BCUT2D eigenvalue weighted by atomic mass is 35.5. The van der Waals surface area contributed by atoms with Gasteiger partial charge in [-0.25, -0.2) is 0 Å². The first-order valence-electron chi connectivity index (χ1n) is 14.9. The van der Waals surface area contributed by atoms with E-state index in [9.17, 15) is 22.8 Å². The van der Waals surface area contributed by atoms with Crippen LogP contribution in [0, 0.1) is 0 Å². The summed E-state index contributed by atoms with van der Waals surface area (Å²) in [6.07, 6.45) is 1.25. The Bertz CT molecular complexity index is 1260. The number of amides is 2. The summed E-state index contributed by atoms with van der Waals surface area (Å²) in [5.74, 6) is -0.258. The van der Waals surface area contributed by atoms with E-state index in [-0.39, 0.29) is 23.3 Å². The van der Waals surface area contributed by atoms with Crippen molar-refractivity contribution in [3.05, 3.63) is 69.2 Å². The standard InChI is InChI=1S/C32H41Cl2F3N4O2/c1-38(2)30(43)31(41-16-5-4-6-17-41)14-19-40(20-15-31)18-13-25(24-9-12-27(33)28(34)21-24)22-39(3)29(42)23-7-10-26(11-8-23)32(35,36)37/h7-12,21,25H,4-6,13-20,22H2,1-3H3. The molecule has 2 aromatic rings. The lowest BCUT2D eigenvalue weighted by molar-refractivity contribution is -0.147. The van der Waals surface area contributed by atoms with Gasteiger partial charge in [-0.2, -0.15) is 13.2 Å². The van der Waals surface area contributed by atoms with Crippen molar-refractivity contribution in [2.75, 3.05) is 60.4 Å². The molecule has 236 valence electrons. The highest BCUT2D eigenvalue weighted by molar-refractivity contribution is 6.42. The van der Waals surface area contributed by atoms with Crippen molar-refractivity contribution in [3.8, 4) is 0 Å². The third kappa shape index (κ3) is 8.04. The molecule has 0 radical (unpaired) electrons. The lowest BCUT2D eigenvalue weighted by Crippen LogP contribution is -2.64. The number of likely N-dealkylation sites (N-methyl/N-ethyl adjacent to an activating group) is 2. The fourth-order valence-electron chi connectivity index (χ4n) is 6.45. The molecule has 11 heteroatoms. The van der Waals surface area contributed by atoms with Crippen molar-refractivity contribution in [2.24, 2.45) is 0 Å². The minimum Gasteiger partial charge on any atom is -0.347 e. The first-order chi connectivity index (χ1) is 20.3. The number of hydrogen-bond acceptors (Lipinski definition) is 4. The molecule has 2 amide bonds. The number of rotatable bonds is 9. The lowest BCUT2D eigenvalue weighted by atomic mass is 9.82. The summed E-state index contributed by atoms with van der Waals surface area (Å²) >= 11 is 12.5. The fourth-order valence-corrected chi connectivity index (χ4v) is 6.76. The van der Waals surface area contributed by atoms with Gasteiger partial charge in [0.05, 0.1) is 15.6 Å². The first kappa shape index (κ1) is 33.6. The van der Waals surface area contributed by atoms with E-state index in [4.69, 9.17) is 23.2 Å². The predicted octanol–water partition coefficient (Wildman–Crippen LogP) is 6.67. The molecule has 2 aromatic carbocycles. The Kier molecular flexibility index (Phi) is 11.1. The van der Waals surface area contributed by atoms with Crippen LogP contribution < -0.4 is 0 Å². The number of piperidine rings is 2. The maximum atomic E-state index is 13.5. The highest BCUT2D eigenvalue weighted by Crippen LogP contribution is 2.35. The van der Waals surface area contributed by atoms with E-state index < -0.39 is 17.3 Å². The largest absolute Gasteiger partial charge is 0.416 e. The van der Waals surface area contributed by atoms with Crippen LogP contribution in [0.3, 0.4) is 0 Å². The SMILES string of the molecule is CN(C)C(=O)C1(N2CCCCC2)CCN(CCC(CN(C)C(=O)c2ccc(C(F)(F)F)cc2)c2ccc(Cl)c(Cl)c2)CC1. The van der Waals surface area contributed by atoms with Gasteiger partial charge in [0, 0.05) is 52.3 Å². The van der Waals surface area contributed by atoms with E-state index in [0.29, 0.717) is 16.6 Å². The Morgan fingerprint density at radius 2 is 1.53 bits per heavy atom. The average molecular weight is 642 g/mol. The summed E-state index contributed by atoms with van der Waals surface area (Å²) in [6.45, 7) is 4.62. The Morgan fingerprint density at radius 3 is 2.09 bits per heavy atom. The average Bonchev–Trinajstić information content (AvgIpc) is 3.00. The second-order valence-electron chi connectivity index (χ2n) is 12.0. The van der Waals surface area contributed by atoms with Gasteiger partial charge in [0.2, 0.25) is 5.91 Å². The molecule has 0 bridgehead atoms. The molecule has 0 aliphatic carbocycles. The van der Waals surface area contributed by atoms with Gasteiger partial charge in [0.1, 0.15) is 5.54 Å². The van der Waals surface area contributed by atoms with Crippen LogP contribution in [0.25, 0.3) is 0 Å². The Labute approximate surface area is 262 Å². The molecule has 6 nitrogen and oxygen atoms in total. The summed E-state index contributed by atoms with van der Waals surface area (Å²) in [7, 11) is 5.33. The van der Waals surface area contributed by atoms with Crippen LogP contribution >= 0.6 is 23.2 Å². The van der Waals surface area contributed by atoms with Gasteiger partial charge >= 0.3 is 6.18 Å². The minimum atomic E-state index is -4.46. The van der Waals surface area contributed by atoms with Gasteiger partial charge in [-0.3, -0.25) is 14.5 Å². The van der Waals surface area contributed by atoms with Gasteiger partial charge in [-0.05, 0) is 93.7 Å². The number of carbonyl (C=O) groups is 2. The number of carbonyl (C=O) groups excluding carboxylic acids is 2. The van der Waals surface area contributed by atoms with Crippen molar-refractivity contribution in [1.82, 2.24) is 19.6 Å². The number of likely N-dealkylation sites (tertiary alicyclic amines) is 2. The third-order valence-electron chi connectivity index (χ3n) is 8.96. The zero-order valence-electron chi connectivity index (χ0n) is 25.1. The van der Waals surface area contributed by atoms with E-state index in [1.54, 1.807) is 22.9 Å². The number of alkyl halides is 3.